The Labute approximate surface area is 165 Å². The Hall–Kier alpha value is -2.82. The van der Waals surface area contributed by atoms with E-state index in [0.29, 0.717) is 19.0 Å². The summed E-state index contributed by atoms with van der Waals surface area (Å²) in [4.78, 5) is 0. The van der Waals surface area contributed by atoms with E-state index < -0.39 is 0 Å². The largest absolute Gasteiger partial charge is 0.504 e. The van der Waals surface area contributed by atoms with Crippen LogP contribution in [-0.4, -0.2) is 23.3 Å². The summed E-state index contributed by atoms with van der Waals surface area (Å²) >= 11 is 0. The fourth-order valence-electron chi connectivity index (χ4n) is 4.21. The SMILES string of the molecule is NCCc1ccc(O)c(O)c1.c1ccc2c(c1)CC1NCCc3cccc-2c31. The molecule has 0 aromatic heterocycles. The lowest BCUT2D eigenvalue weighted by Gasteiger charge is -2.34. The molecule has 1 atom stereocenters. The molecule has 0 fully saturated rings. The Morgan fingerprint density at radius 1 is 0.893 bits per heavy atom. The van der Waals surface area contributed by atoms with Gasteiger partial charge in [-0.25, -0.2) is 0 Å². The highest BCUT2D eigenvalue weighted by atomic mass is 16.3. The second kappa shape index (κ2) is 8.05. The van der Waals surface area contributed by atoms with Gasteiger partial charge < -0.3 is 21.3 Å². The fraction of sp³-hybridized carbons (Fsp3) is 0.250. The molecule has 0 amide bonds. The number of rotatable bonds is 2. The Bertz CT molecular complexity index is 984. The first-order valence-corrected chi connectivity index (χ1v) is 9.81. The third kappa shape index (κ3) is 3.61. The molecule has 0 spiro atoms. The molecule has 1 aliphatic heterocycles. The maximum Gasteiger partial charge on any atom is 0.157 e. The third-order valence-electron chi connectivity index (χ3n) is 5.53. The molecular weight excluding hydrogens is 348 g/mol. The zero-order valence-corrected chi connectivity index (χ0v) is 15.9. The van der Waals surface area contributed by atoms with E-state index in [1.165, 1.54) is 35.2 Å². The minimum Gasteiger partial charge on any atom is -0.504 e. The molecule has 5 rings (SSSR count). The number of hydrogen-bond donors (Lipinski definition) is 4. The average Bonchev–Trinajstić information content (AvgIpc) is 2.72. The van der Waals surface area contributed by atoms with E-state index >= 15 is 0 Å². The van der Waals surface area contributed by atoms with Crippen molar-refractivity contribution < 1.29 is 10.2 Å². The van der Waals surface area contributed by atoms with Gasteiger partial charge in [0, 0.05) is 6.04 Å². The molecule has 1 unspecified atom stereocenters. The Morgan fingerprint density at radius 2 is 1.68 bits per heavy atom. The van der Waals surface area contributed by atoms with E-state index in [0.717, 1.165) is 18.5 Å². The van der Waals surface area contributed by atoms with Gasteiger partial charge in [0.1, 0.15) is 0 Å². The number of fused-ring (bicyclic) bond motifs is 2. The van der Waals surface area contributed by atoms with Gasteiger partial charge in [-0.15, -0.1) is 0 Å². The van der Waals surface area contributed by atoms with Gasteiger partial charge >= 0.3 is 0 Å². The summed E-state index contributed by atoms with van der Waals surface area (Å²) in [6.45, 7) is 1.66. The molecule has 28 heavy (non-hydrogen) atoms. The molecule has 4 nitrogen and oxygen atoms in total. The van der Waals surface area contributed by atoms with Crippen LogP contribution in [0, 0.1) is 0 Å². The van der Waals surface area contributed by atoms with Crippen LogP contribution in [0.5, 0.6) is 11.5 Å². The predicted molar refractivity (Wildman–Crippen MR) is 113 cm³/mol. The molecule has 0 radical (unpaired) electrons. The predicted octanol–water partition coefficient (Wildman–Crippen LogP) is 3.70. The maximum atomic E-state index is 9.04. The number of benzene rings is 3. The molecule has 144 valence electrons. The van der Waals surface area contributed by atoms with Crippen molar-refractivity contribution in [3.63, 3.8) is 0 Å². The summed E-state index contributed by atoms with van der Waals surface area (Å²) in [7, 11) is 0. The second-order valence-electron chi connectivity index (χ2n) is 7.36. The van der Waals surface area contributed by atoms with Gasteiger partial charge in [-0.1, -0.05) is 48.5 Å². The van der Waals surface area contributed by atoms with Crippen LogP contribution in [-0.2, 0) is 19.3 Å². The fourth-order valence-corrected chi connectivity index (χ4v) is 4.21. The Balaban J connectivity index is 0.000000153. The zero-order chi connectivity index (χ0) is 19.5. The second-order valence-corrected chi connectivity index (χ2v) is 7.36. The molecule has 0 saturated carbocycles. The molecule has 3 aromatic rings. The van der Waals surface area contributed by atoms with Crippen molar-refractivity contribution in [2.24, 2.45) is 5.73 Å². The molecule has 0 saturated heterocycles. The topological polar surface area (TPSA) is 78.5 Å². The highest BCUT2D eigenvalue weighted by molar-refractivity contribution is 5.75. The van der Waals surface area contributed by atoms with E-state index in [4.69, 9.17) is 15.9 Å². The molecule has 1 heterocycles. The van der Waals surface area contributed by atoms with Crippen molar-refractivity contribution in [3.05, 3.63) is 82.9 Å². The van der Waals surface area contributed by atoms with Gasteiger partial charge in [0.2, 0.25) is 0 Å². The summed E-state index contributed by atoms with van der Waals surface area (Å²) in [5, 5.41) is 21.6. The van der Waals surface area contributed by atoms with Gasteiger partial charge in [-0.3, -0.25) is 0 Å². The quantitative estimate of drug-likeness (QED) is 0.516. The van der Waals surface area contributed by atoms with E-state index in [1.54, 1.807) is 17.2 Å². The van der Waals surface area contributed by atoms with Crippen LogP contribution in [0.15, 0.2) is 60.7 Å². The van der Waals surface area contributed by atoms with Gasteiger partial charge in [-0.05, 0) is 77.9 Å². The monoisotopic (exact) mass is 374 g/mol. The van der Waals surface area contributed by atoms with Gasteiger partial charge in [0.05, 0.1) is 0 Å². The number of hydrogen-bond acceptors (Lipinski definition) is 4. The Morgan fingerprint density at radius 3 is 2.50 bits per heavy atom. The highest BCUT2D eigenvalue weighted by Crippen LogP contribution is 2.41. The average molecular weight is 374 g/mol. The lowest BCUT2D eigenvalue weighted by Crippen LogP contribution is -2.33. The van der Waals surface area contributed by atoms with Crippen LogP contribution in [0.3, 0.4) is 0 Å². The minimum atomic E-state index is -0.0919. The van der Waals surface area contributed by atoms with Crippen LogP contribution in [0.4, 0.5) is 0 Å². The number of phenolic OH excluding ortho intramolecular Hbond substituents is 2. The summed E-state index contributed by atoms with van der Waals surface area (Å²) in [5.74, 6) is -0.179. The van der Waals surface area contributed by atoms with Crippen LogP contribution >= 0.6 is 0 Å². The summed E-state index contributed by atoms with van der Waals surface area (Å²) < 4.78 is 0. The van der Waals surface area contributed by atoms with Crippen LogP contribution in [0.25, 0.3) is 11.1 Å². The van der Waals surface area contributed by atoms with E-state index in [-0.39, 0.29) is 11.5 Å². The van der Waals surface area contributed by atoms with Gasteiger partial charge in [-0.2, -0.15) is 0 Å². The summed E-state index contributed by atoms with van der Waals surface area (Å²) in [6, 6.07) is 20.8. The molecule has 5 N–H and O–H groups in total. The molecule has 3 aromatic carbocycles. The van der Waals surface area contributed by atoms with Crippen LogP contribution in [0.1, 0.15) is 28.3 Å². The van der Waals surface area contributed by atoms with Crippen molar-refractivity contribution in [2.45, 2.75) is 25.3 Å². The number of phenols is 2. The number of nitrogens with one attached hydrogen (secondary N) is 1. The standard InChI is InChI=1S/C16H15N.C8H11NO2/c1-2-6-13-12(4-1)10-15-16-11(8-9-17-15)5-3-7-14(13)16;9-4-3-6-1-2-7(10)8(11)5-6/h1-7,15,17H,8-10H2;1-2,5,10-11H,3-4,9H2. The van der Waals surface area contributed by atoms with Crippen molar-refractivity contribution in [1.29, 1.82) is 0 Å². The van der Waals surface area contributed by atoms with E-state index in [2.05, 4.69) is 47.8 Å². The van der Waals surface area contributed by atoms with Gasteiger partial charge in [0.25, 0.3) is 0 Å². The van der Waals surface area contributed by atoms with Crippen molar-refractivity contribution >= 4 is 0 Å². The van der Waals surface area contributed by atoms with Crippen molar-refractivity contribution in [2.75, 3.05) is 13.1 Å². The van der Waals surface area contributed by atoms with Crippen LogP contribution in [0.2, 0.25) is 0 Å². The van der Waals surface area contributed by atoms with E-state index in [9.17, 15) is 0 Å². The van der Waals surface area contributed by atoms with E-state index in [1.807, 2.05) is 0 Å². The maximum absolute atomic E-state index is 9.04. The van der Waals surface area contributed by atoms with Gasteiger partial charge in [0.15, 0.2) is 11.5 Å². The zero-order valence-electron chi connectivity index (χ0n) is 15.9. The summed E-state index contributed by atoms with van der Waals surface area (Å²) in [5.41, 5.74) is 13.7. The smallest absolute Gasteiger partial charge is 0.157 e. The third-order valence-corrected chi connectivity index (χ3v) is 5.53. The summed E-state index contributed by atoms with van der Waals surface area (Å²) in [6.07, 6.45) is 3.02. The van der Waals surface area contributed by atoms with Crippen molar-refractivity contribution in [3.8, 4) is 22.6 Å². The first-order valence-electron chi connectivity index (χ1n) is 9.81. The Kier molecular flexibility index (Phi) is 5.33. The normalized spacial score (nSPS) is 16.4. The molecular formula is C24H26N2O2. The molecule has 2 aliphatic rings. The lowest BCUT2D eigenvalue weighted by molar-refractivity contribution is 0.403. The molecule has 1 aliphatic carbocycles. The number of aromatic hydroxyl groups is 2. The van der Waals surface area contributed by atoms with Crippen LogP contribution < -0.4 is 11.1 Å². The lowest BCUT2D eigenvalue weighted by atomic mass is 9.78. The first kappa shape index (κ1) is 18.5. The number of nitrogens with two attached hydrogens (primary N) is 1. The molecule has 4 heteroatoms. The van der Waals surface area contributed by atoms with Crippen molar-refractivity contribution in [1.82, 2.24) is 5.32 Å². The first-order chi connectivity index (χ1) is 13.7. The highest BCUT2D eigenvalue weighted by Gasteiger charge is 2.28. The molecule has 0 bridgehead atoms. The minimum absolute atomic E-state index is 0.0871.